The molecule has 2 N–H and O–H groups in total. The van der Waals surface area contributed by atoms with Crippen LogP contribution < -0.4 is 14.8 Å². The van der Waals surface area contributed by atoms with E-state index in [9.17, 15) is 4.79 Å². The minimum Gasteiger partial charge on any atom is -0.493 e. The lowest BCUT2D eigenvalue weighted by Gasteiger charge is -2.12. The van der Waals surface area contributed by atoms with E-state index in [1.54, 1.807) is 11.7 Å². The normalized spacial score (nSPS) is 10.5. The first-order valence-corrected chi connectivity index (χ1v) is 8.70. The molecule has 0 aliphatic carbocycles. The van der Waals surface area contributed by atoms with E-state index in [-0.39, 0.29) is 12.5 Å². The molecular weight excluding hydrogens is 340 g/mol. The Morgan fingerprint density at radius 1 is 1.36 bits per heavy atom. The van der Waals surface area contributed by atoms with Gasteiger partial charge in [-0.25, -0.2) is 0 Å². The van der Waals surface area contributed by atoms with E-state index < -0.39 is 0 Å². The minimum absolute atomic E-state index is 0.122. The fourth-order valence-electron chi connectivity index (χ4n) is 2.42. The largest absolute Gasteiger partial charge is 0.493 e. The van der Waals surface area contributed by atoms with Crippen LogP contribution in [0.3, 0.4) is 0 Å². The van der Waals surface area contributed by atoms with Crippen molar-refractivity contribution in [3.8, 4) is 11.5 Å². The van der Waals surface area contributed by atoms with E-state index in [0.717, 1.165) is 24.2 Å². The summed E-state index contributed by atoms with van der Waals surface area (Å²) in [7, 11) is 1.59. The molecular formula is C17H24N4O3S. The molecule has 0 bridgehead atoms. The highest BCUT2D eigenvalue weighted by Gasteiger charge is 2.11. The van der Waals surface area contributed by atoms with Crippen LogP contribution in [0.25, 0.3) is 0 Å². The van der Waals surface area contributed by atoms with Gasteiger partial charge in [0, 0.05) is 13.0 Å². The molecule has 0 aliphatic rings. The van der Waals surface area contributed by atoms with E-state index in [1.807, 2.05) is 25.1 Å². The zero-order valence-corrected chi connectivity index (χ0v) is 15.6. The van der Waals surface area contributed by atoms with Crippen LogP contribution in [0.2, 0.25) is 0 Å². The molecule has 0 saturated heterocycles. The van der Waals surface area contributed by atoms with Crippen LogP contribution in [0, 0.1) is 4.77 Å². The van der Waals surface area contributed by atoms with Crippen LogP contribution in [-0.4, -0.2) is 34.4 Å². The number of methoxy groups -OCH3 is 1. The van der Waals surface area contributed by atoms with Gasteiger partial charge < -0.3 is 14.8 Å². The van der Waals surface area contributed by atoms with Gasteiger partial charge in [0.25, 0.3) is 0 Å². The number of ether oxygens (including phenoxy) is 2. The van der Waals surface area contributed by atoms with Crippen LogP contribution in [0.15, 0.2) is 18.2 Å². The van der Waals surface area contributed by atoms with Crippen molar-refractivity contribution in [2.75, 3.05) is 13.7 Å². The molecule has 0 radical (unpaired) electrons. The maximum Gasteiger partial charge on any atom is 0.240 e. The Labute approximate surface area is 152 Å². The predicted octanol–water partition coefficient (Wildman–Crippen LogP) is 2.62. The number of carbonyl (C=O) groups is 1. The molecule has 1 amide bonds. The first-order valence-electron chi connectivity index (χ1n) is 8.29. The smallest absolute Gasteiger partial charge is 0.240 e. The number of aromatic amines is 1. The minimum atomic E-state index is -0.122. The Morgan fingerprint density at radius 2 is 2.16 bits per heavy atom. The van der Waals surface area contributed by atoms with Gasteiger partial charge in [-0.2, -0.15) is 5.10 Å². The summed E-state index contributed by atoms with van der Waals surface area (Å²) in [5.41, 5.74) is 0.929. The molecule has 1 aromatic carbocycles. The molecule has 0 saturated carbocycles. The highest BCUT2D eigenvalue weighted by molar-refractivity contribution is 7.71. The maximum absolute atomic E-state index is 12.2. The van der Waals surface area contributed by atoms with Gasteiger partial charge in [-0.15, -0.1) is 0 Å². The van der Waals surface area contributed by atoms with Gasteiger partial charge in [0.15, 0.2) is 16.3 Å². The highest BCUT2D eigenvalue weighted by Crippen LogP contribution is 2.27. The summed E-state index contributed by atoms with van der Waals surface area (Å²) in [6.45, 7) is 5.09. The third-order valence-corrected chi connectivity index (χ3v) is 3.94. The van der Waals surface area contributed by atoms with Crippen molar-refractivity contribution in [3.63, 3.8) is 0 Å². The van der Waals surface area contributed by atoms with E-state index in [0.29, 0.717) is 29.4 Å². The van der Waals surface area contributed by atoms with Gasteiger partial charge >= 0.3 is 0 Å². The molecule has 1 aromatic heterocycles. The number of carbonyl (C=O) groups excluding carboxylic acids is 1. The van der Waals surface area contributed by atoms with Gasteiger partial charge in [-0.1, -0.05) is 13.0 Å². The quantitative estimate of drug-likeness (QED) is 0.669. The molecule has 0 fully saturated rings. The Morgan fingerprint density at radius 3 is 2.84 bits per heavy atom. The van der Waals surface area contributed by atoms with Crippen LogP contribution in [0.1, 0.15) is 31.7 Å². The standard InChI is InChI=1S/C17H24N4O3S/c1-4-6-15-19-20-17(25)21(15)11-16(22)18-10-12-7-8-13(24-5-2)14(9-12)23-3/h7-9H,4-6,10-11H2,1-3H3,(H,18,22)(H,20,25). The molecule has 2 aromatic rings. The molecule has 2 rings (SSSR count). The third kappa shape index (κ3) is 5.06. The SMILES string of the molecule is CCCc1n[nH]c(=S)n1CC(=O)NCc1ccc(OCC)c(OC)c1. The Kier molecular flexibility index (Phi) is 7.00. The number of amides is 1. The van der Waals surface area contributed by atoms with Crippen molar-refractivity contribution < 1.29 is 14.3 Å². The highest BCUT2D eigenvalue weighted by atomic mass is 32.1. The Balaban J connectivity index is 1.98. The fraction of sp³-hybridized carbons (Fsp3) is 0.471. The Hall–Kier alpha value is -2.35. The monoisotopic (exact) mass is 364 g/mol. The zero-order valence-electron chi connectivity index (χ0n) is 14.8. The van der Waals surface area contributed by atoms with Crippen LogP contribution >= 0.6 is 12.2 Å². The average molecular weight is 364 g/mol. The van der Waals surface area contributed by atoms with Crippen molar-refractivity contribution in [2.45, 2.75) is 39.8 Å². The van der Waals surface area contributed by atoms with Crippen molar-refractivity contribution in [1.82, 2.24) is 20.1 Å². The summed E-state index contributed by atoms with van der Waals surface area (Å²) in [5.74, 6) is 2.01. The van der Waals surface area contributed by atoms with Crippen molar-refractivity contribution in [1.29, 1.82) is 0 Å². The van der Waals surface area contributed by atoms with E-state index in [2.05, 4.69) is 22.4 Å². The molecule has 7 nitrogen and oxygen atoms in total. The topological polar surface area (TPSA) is 81.2 Å². The van der Waals surface area contributed by atoms with Crippen molar-refractivity contribution in [2.24, 2.45) is 0 Å². The van der Waals surface area contributed by atoms with E-state index in [4.69, 9.17) is 21.7 Å². The van der Waals surface area contributed by atoms with Gasteiger partial charge in [0.2, 0.25) is 5.91 Å². The van der Waals surface area contributed by atoms with E-state index in [1.165, 1.54) is 0 Å². The van der Waals surface area contributed by atoms with Gasteiger partial charge in [0.1, 0.15) is 12.4 Å². The lowest BCUT2D eigenvalue weighted by Crippen LogP contribution is -2.28. The number of benzene rings is 1. The van der Waals surface area contributed by atoms with Gasteiger partial charge in [-0.3, -0.25) is 14.5 Å². The van der Waals surface area contributed by atoms with Crippen LogP contribution in [0.4, 0.5) is 0 Å². The number of nitrogens with zero attached hydrogens (tertiary/aromatic N) is 2. The van der Waals surface area contributed by atoms with Crippen molar-refractivity contribution in [3.05, 3.63) is 34.4 Å². The van der Waals surface area contributed by atoms with Crippen molar-refractivity contribution >= 4 is 18.1 Å². The predicted molar refractivity (Wildman–Crippen MR) is 97.4 cm³/mol. The average Bonchev–Trinajstić information content (AvgIpc) is 2.95. The van der Waals surface area contributed by atoms with E-state index >= 15 is 0 Å². The second-order valence-electron chi connectivity index (χ2n) is 5.48. The summed E-state index contributed by atoms with van der Waals surface area (Å²) in [5, 5.41) is 9.79. The van der Waals surface area contributed by atoms with Crippen LogP contribution in [-0.2, 0) is 24.3 Å². The lowest BCUT2D eigenvalue weighted by atomic mass is 10.2. The summed E-state index contributed by atoms with van der Waals surface area (Å²) in [6, 6.07) is 5.60. The summed E-state index contributed by atoms with van der Waals surface area (Å²) < 4.78 is 13.0. The second kappa shape index (κ2) is 9.22. The second-order valence-corrected chi connectivity index (χ2v) is 5.86. The number of hydrogen-bond acceptors (Lipinski definition) is 5. The molecule has 0 unspecified atom stereocenters. The van der Waals surface area contributed by atoms with Gasteiger partial charge in [0.05, 0.1) is 13.7 Å². The summed E-state index contributed by atoms with van der Waals surface area (Å²) in [6.07, 6.45) is 1.71. The molecule has 136 valence electrons. The summed E-state index contributed by atoms with van der Waals surface area (Å²) in [4.78, 5) is 12.2. The molecule has 0 spiro atoms. The van der Waals surface area contributed by atoms with Crippen LogP contribution in [0.5, 0.6) is 11.5 Å². The van der Waals surface area contributed by atoms with Gasteiger partial charge in [-0.05, 0) is 43.3 Å². The first kappa shape index (κ1) is 19.0. The molecule has 0 aliphatic heterocycles. The number of H-pyrrole nitrogens is 1. The number of rotatable bonds is 9. The third-order valence-electron chi connectivity index (χ3n) is 3.63. The molecule has 8 heteroatoms. The first-order chi connectivity index (χ1) is 12.1. The maximum atomic E-state index is 12.2. The number of aryl methyl sites for hydroxylation is 1. The molecule has 1 heterocycles. The summed E-state index contributed by atoms with van der Waals surface area (Å²) >= 11 is 5.19. The lowest BCUT2D eigenvalue weighted by molar-refractivity contribution is -0.121. The number of aromatic nitrogens is 3. The zero-order chi connectivity index (χ0) is 18.2. The fourth-order valence-corrected chi connectivity index (χ4v) is 2.64. The molecule has 0 atom stereocenters. The number of nitrogens with one attached hydrogen (secondary N) is 2. The Bertz CT molecular complexity index is 769. The molecule has 25 heavy (non-hydrogen) atoms. The number of hydrogen-bond donors (Lipinski definition) is 2.